The van der Waals surface area contributed by atoms with Gasteiger partial charge in [-0.15, -0.1) is 0 Å². The molecule has 2 saturated heterocycles. The van der Waals surface area contributed by atoms with Crippen LogP contribution in [0, 0.1) is 5.41 Å². The van der Waals surface area contributed by atoms with Gasteiger partial charge in [0.05, 0.1) is 0 Å². The fourth-order valence-electron chi connectivity index (χ4n) is 3.13. The third kappa shape index (κ3) is 2.13. The van der Waals surface area contributed by atoms with Crippen LogP contribution in [-0.4, -0.2) is 40.9 Å². The minimum absolute atomic E-state index is 0.0969. The lowest BCUT2D eigenvalue weighted by molar-refractivity contribution is -0.119. The molecule has 0 bridgehead atoms. The summed E-state index contributed by atoms with van der Waals surface area (Å²) in [7, 11) is 1.89. The molecule has 3 rings (SSSR count). The summed E-state index contributed by atoms with van der Waals surface area (Å²) in [6.07, 6.45) is 4.35. The van der Waals surface area contributed by atoms with E-state index < -0.39 is 0 Å². The zero-order valence-electron chi connectivity index (χ0n) is 11.2. The molecule has 19 heavy (non-hydrogen) atoms. The quantitative estimate of drug-likeness (QED) is 0.811. The summed E-state index contributed by atoms with van der Waals surface area (Å²) in [6, 6.07) is 3.74. The molecular formula is C14H19N3O2. The first-order chi connectivity index (χ1) is 9.10. The standard InChI is InChI=1S/C14H19N3O2/c1-16-6-2-3-11(16)13(19)17-7-4-14(5-8-17)9-12(18)15-10-14/h2-3,6H,4-5,7-10H2,1H3,(H,15,18). The van der Waals surface area contributed by atoms with Crippen molar-refractivity contribution in [1.82, 2.24) is 14.8 Å². The van der Waals surface area contributed by atoms with Crippen LogP contribution >= 0.6 is 0 Å². The lowest BCUT2D eigenvalue weighted by atomic mass is 9.77. The molecule has 1 aromatic rings. The lowest BCUT2D eigenvalue weighted by Gasteiger charge is -2.38. The van der Waals surface area contributed by atoms with Crippen molar-refractivity contribution >= 4 is 11.8 Å². The fourth-order valence-corrected chi connectivity index (χ4v) is 3.13. The van der Waals surface area contributed by atoms with Crippen molar-refractivity contribution in [3.63, 3.8) is 0 Å². The molecule has 0 atom stereocenters. The number of nitrogens with one attached hydrogen (secondary N) is 1. The molecular weight excluding hydrogens is 242 g/mol. The molecule has 0 aromatic carbocycles. The van der Waals surface area contributed by atoms with Gasteiger partial charge in [0.1, 0.15) is 5.69 Å². The highest BCUT2D eigenvalue weighted by Crippen LogP contribution is 2.37. The summed E-state index contributed by atoms with van der Waals surface area (Å²) >= 11 is 0. The van der Waals surface area contributed by atoms with E-state index in [4.69, 9.17) is 0 Å². The van der Waals surface area contributed by atoms with Gasteiger partial charge in [0.15, 0.2) is 0 Å². The van der Waals surface area contributed by atoms with Gasteiger partial charge in [0.25, 0.3) is 5.91 Å². The van der Waals surface area contributed by atoms with Crippen LogP contribution in [0.15, 0.2) is 18.3 Å². The van der Waals surface area contributed by atoms with E-state index in [9.17, 15) is 9.59 Å². The second-order valence-corrected chi connectivity index (χ2v) is 5.75. The maximum atomic E-state index is 12.4. The number of carbonyl (C=O) groups is 2. The molecule has 2 amide bonds. The van der Waals surface area contributed by atoms with Crippen molar-refractivity contribution in [1.29, 1.82) is 0 Å². The molecule has 102 valence electrons. The Morgan fingerprint density at radius 1 is 1.37 bits per heavy atom. The van der Waals surface area contributed by atoms with E-state index in [-0.39, 0.29) is 17.2 Å². The van der Waals surface area contributed by atoms with E-state index in [0.29, 0.717) is 6.42 Å². The maximum Gasteiger partial charge on any atom is 0.270 e. The van der Waals surface area contributed by atoms with E-state index in [1.165, 1.54) is 0 Å². The summed E-state index contributed by atoms with van der Waals surface area (Å²) in [5, 5.41) is 2.91. The van der Waals surface area contributed by atoms with Crippen LogP contribution in [0.4, 0.5) is 0 Å². The van der Waals surface area contributed by atoms with Crippen LogP contribution < -0.4 is 5.32 Å². The topological polar surface area (TPSA) is 54.3 Å². The molecule has 0 aliphatic carbocycles. The predicted molar refractivity (Wildman–Crippen MR) is 70.6 cm³/mol. The Kier molecular flexibility index (Phi) is 2.84. The molecule has 5 heteroatoms. The monoisotopic (exact) mass is 261 g/mol. The minimum Gasteiger partial charge on any atom is -0.356 e. The zero-order chi connectivity index (χ0) is 13.5. The number of hydrogen-bond donors (Lipinski definition) is 1. The summed E-state index contributed by atoms with van der Waals surface area (Å²) in [5.41, 5.74) is 0.832. The van der Waals surface area contributed by atoms with Crippen molar-refractivity contribution in [3.8, 4) is 0 Å². The average molecular weight is 261 g/mol. The van der Waals surface area contributed by atoms with Crippen molar-refractivity contribution in [2.75, 3.05) is 19.6 Å². The molecule has 2 fully saturated rings. The lowest BCUT2D eigenvalue weighted by Crippen LogP contribution is -2.44. The largest absolute Gasteiger partial charge is 0.356 e. The second-order valence-electron chi connectivity index (χ2n) is 5.75. The second kappa shape index (κ2) is 4.40. The van der Waals surface area contributed by atoms with Crippen molar-refractivity contribution in [2.45, 2.75) is 19.3 Å². The van der Waals surface area contributed by atoms with Gasteiger partial charge in [0.2, 0.25) is 5.91 Å². The van der Waals surface area contributed by atoms with Crippen molar-refractivity contribution < 1.29 is 9.59 Å². The summed E-state index contributed by atoms with van der Waals surface area (Å²) in [5.74, 6) is 0.252. The Morgan fingerprint density at radius 3 is 2.63 bits per heavy atom. The van der Waals surface area contributed by atoms with Crippen LogP contribution in [0.3, 0.4) is 0 Å². The summed E-state index contributed by atoms with van der Waals surface area (Å²) < 4.78 is 1.85. The Labute approximate surface area is 112 Å². The molecule has 1 N–H and O–H groups in total. The average Bonchev–Trinajstić information content (AvgIpc) is 2.97. The Morgan fingerprint density at radius 2 is 2.11 bits per heavy atom. The molecule has 5 nitrogen and oxygen atoms in total. The molecule has 1 spiro atoms. The first-order valence-electron chi connectivity index (χ1n) is 6.77. The third-order valence-electron chi connectivity index (χ3n) is 4.47. The molecule has 2 aliphatic rings. The molecule has 0 unspecified atom stereocenters. The van der Waals surface area contributed by atoms with Gasteiger partial charge in [-0.1, -0.05) is 0 Å². The highest BCUT2D eigenvalue weighted by Gasteiger charge is 2.41. The van der Waals surface area contributed by atoms with E-state index in [1.807, 2.05) is 34.8 Å². The van der Waals surface area contributed by atoms with Gasteiger partial charge in [0, 0.05) is 39.3 Å². The van der Waals surface area contributed by atoms with E-state index in [2.05, 4.69) is 5.32 Å². The highest BCUT2D eigenvalue weighted by molar-refractivity contribution is 5.92. The number of carbonyl (C=O) groups excluding carboxylic acids is 2. The third-order valence-corrected chi connectivity index (χ3v) is 4.47. The molecule has 0 saturated carbocycles. The van der Waals surface area contributed by atoms with E-state index in [1.54, 1.807) is 0 Å². The fraction of sp³-hybridized carbons (Fsp3) is 0.571. The molecule has 2 aliphatic heterocycles. The van der Waals surface area contributed by atoms with E-state index >= 15 is 0 Å². The Balaban J connectivity index is 1.66. The smallest absolute Gasteiger partial charge is 0.270 e. The van der Waals surface area contributed by atoms with Gasteiger partial charge in [-0.2, -0.15) is 0 Å². The number of hydrogen-bond acceptors (Lipinski definition) is 2. The minimum atomic E-state index is 0.0969. The van der Waals surface area contributed by atoms with Gasteiger partial charge in [-0.25, -0.2) is 0 Å². The van der Waals surface area contributed by atoms with E-state index in [0.717, 1.165) is 38.2 Å². The van der Waals surface area contributed by atoms with Gasteiger partial charge < -0.3 is 14.8 Å². The first-order valence-corrected chi connectivity index (χ1v) is 6.77. The number of piperidine rings is 1. The van der Waals surface area contributed by atoms with Gasteiger partial charge in [-0.05, 0) is 30.4 Å². The highest BCUT2D eigenvalue weighted by atomic mass is 16.2. The van der Waals surface area contributed by atoms with Crippen LogP contribution in [0.1, 0.15) is 29.8 Å². The molecule has 0 radical (unpaired) electrons. The Bertz CT molecular complexity index is 513. The van der Waals surface area contributed by atoms with Crippen LogP contribution in [0.2, 0.25) is 0 Å². The number of amides is 2. The number of aryl methyl sites for hydroxylation is 1. The van der Waals surface area contributed by atoms with Crippen LogP contribution in [0.25, 0.3) is 0 Å². The summed E-state index contributed by atoms with van der Waals surface area (Å²) in [6.45, 7) is 2.27. The van der Waals surface area contributed by atoms with Gasteiger partial charge in [-0.3, -0.25) is 9.59 Å². The number of rotatable bonds is 1. The SMILES string of the molecule is Cn1cccc1C(=O)N1CCC2(CC1)CNC(=O)C2. The zero-order valence-corrected chi connectivity index (χ0v) is 11.2. The van der Waals surface area contributed by atoms with Crippen LogP contribution in [-0.2, 0) is 11.8 Å². The maximum absolute atomic E-state index is 12.4. The van der Waals surface area contributed by atoms with Crippen molar-refractivity contribution in [3.05, 3.63) is 24.0 Å². The van der Waals surface area contributed by atoms with Gasteiger partial charge >= 0.3 is 0 Å². The van der Waals surface area contributed by atoms with Crippen LogP contribution in [0.5, 0.6) is 0 Å². The number of likely N-dealkylation sites (tertiary alicyclic amines) is 1. The molecule has 1 aromatic heterocycles. The van der Waals surface area contributed by atoms with Crippen molar-refractivity contribution in [2.24, 2.45) is 12.5 Å². The number of nitrogens with zero attached hydrogens (tertiary/aromatic N) is 2. The molecule has 3 heterocycles. The Hall–Kier alpha value is -1.78. The predicted octanol–water partition coefficient (Wildman–Crippen LogP) is 0.767. The normalized spacial score (nSPS) is 21.7. The summed E-state index contributed by atoms with van der Waals surface area (Å²) in [4.78, 5) is 25.6. The first kappa shape index (κ1) is 12.3. The number of aromatic nitrogens is 1.